The molecule has 2 fully saturated rings. The molecule has 2 heterocycles. The summed E-state index contributed by atoms with van der Waals surface area (Å²) in [5, 5.41) is 3.05. The van der Waals surface area contributed by atoms with Gasteiger partial charge in [0.15, 0.2) is 0 Å². The van der Waals surface area contributed by atoms with Gasteiger partial charge in [-0.3, -0.25) is 4.90 Å². The molecular weight excluding hydrogens is 138 g/mol. The van der Waals surface area contributed by atoms with E-state index in [1.54, 1.807) is 0 Å². The molecule has 0 radical (unpaired) electrons. The van der Waals surface area contributed by atoms with Crippen LogP contribution in [0.2, 0.25) is 0 Å². The second-order valence-corrected chi connectivity index (χ2v) is 3.07. The molecule has 0 bridgehead atoms. The average Bonchev–Trinajstić information content (AvgIpc) is 1.54. The van der Waals surface area contributed by atoms with Crippen LogP contribution in [0.25, 0.3) is 0 Å². The summed E-state index contributed by atoms with van der Waals surface area (Å²) in [4.78, 5) is 1.83. The predicted molar refractivity (Wildman–Crippen MR) is 35.3 cm³/mol. The molecule has 4 heteroatoms. The van der Waals surface area contributed by atoms with Gasteiger partial charge in [-0.05, 0) is 0 Å². The fraction of sp³-hybridized carbons (Fsp3) is 1.00. The monoisotopic (exact) mass is 150 g/mol. The lowest BCUT2D eigenvalue weighted by Gasteiger charge is -2.47. The zero-order valence-electron chi connectivity index (χ0n) is 5.61. The van der Waals surface area contributed by atoms with E-state index in [0.29, 0.717) is 6.04 Å². The van der Waals surface area contributed by atoms with Crippen molar-refractivity contribution < 1.29 is 10.2 Å². The molecule has 0 aromatic carbocycles. The van der Waals surface area contributed by atoms with Crippen LogP contribution < -0.4 is 5.32 Å². The molecule has 2 aliphatic heterocycles. The molecule has 60 valence electrons. The summed E-state index contributed by atoms with van der Waals surface area (Å²) in [5.41, 5.74) is 0. The first-order valence-corrected chi connectivity index (χ1v) is 3.50. The number of rotatable bonds is 1. The number of nitrogens with one attached hydrogen (secondary N) is 1. The van der Waals surface area contributed by atoms with Crippen LogP contribution in [0, 0.1) is 0 Å². The van der Waals surface area contributed by atoms with Crippen molar-refractivity contribution in [3.63, 3.8) is 0 Å². The number of alkyl halides is 2. The number of halogens is 2. The summed E-state index contributed by atoms with van der Waals surface area (Å²) in [6.45, 7) is 1.71. The lowest BCUT2D eigenvalue weighted by molar-refractivity contribution is -0.151. The van der Waals surface area contributed by atoms with E-state index >= 15 is 0 Å². The first-order valence-electron chi connectivity index (χ1n) is 3.50. The van der Waals surface area contributed by atoms with Gasteiger partial charge in [-0.25, -0.2) is 8.78 Å². The van der Waals surface area contributed by atoms with Crippen LogP contribution in [0.1, 0.15) is 1.43 Å². The molecule has 0 aromatic rings. The Morgan fingerprint density at radius 2 is 2.00 bits per heavy atom. The minimum atomic E-state index is -2.39. The summed E-state index contributed by atoms with van der Waals surface area (Å²) < 4.78 is 24.5. The lowest BCUT2D eigenvalue weighted by Crippen LogP contribution is -2.68. The van der Waals surface area contributed by atoms with Crippen molar-refractivity contribution in [2.24, 2.45) is 0 Å². The molecule has 0 atom stereocenters. The largest absolute Gasteiger partial charge is 0.314 e. The molecule has 0 aromatic heterocycles. The molecule has 2 aliphatic rings. The van der Waals surface area contributed by atoms with Gasteiger partial charge in [-0.2, -0.15) is 0 Å². The van der Waals surface area contributed by atoms with Crippen molar-refractivity contribution in [2.45, 2.75) is 12.0 Å². The minimum absolute atomic E-state index is 0. The van der Waals surface area contributed by atoms with Crippen molar-refractivity contribution in [3.05, 3.63) is 0 Å². The van der Waals surface area contributed by atoms with Gasteiger partial charge in [0, 0.05) is 20.6 Å². The molecule has 2 rings (SSSR count). The number of nitrogens with zero attached hydrogens (tertiary/aromatic N) is 1. The zero-order valence-corrected chi connectivity index (χ0v) is 5.61. The highest BCUT2D eigenvalue weighted by atomic mass is 19.3. The Hall–Kier alpha value is -0.220. The van der Waals surface area contributed by atoms with Gasteiger partial charge >= 0.3 is 0 Å². The highest BCUT2D eigenvalue weighted by Crippen LogP contribution is 2.29. The fourth-order valence-electron chi connectivity index (χ4n) is 1.34. The second-order valence-electron chi connectivity index (χ2n) is 3.07. The maximum atomic E-state index is 12.2. The number of hydrogen-bond donors (Lipinski definition) is 1. The Kier molecular flexibility index (Phi) is 1.22. The summed E-state index contributed by atoms with van der Waals surface area (Å²) >= 11 is 0. The first-order chi connectivity index (χ1) is 4.67. The third-order valence-electron chi connectivity index (χ3n) is 2.15. The van der Waals surface area contributed by atoms with E-state index in [1.807, 2.05) is 4.90 Å². The Morgan fingerprint density at radius 3 is 2.30 bits per heavy atom. The van der Waals surface area contributed by atoms with E-state index in [9.17, 15) is 8.78 Å². The maximum absolute atomic E-state index is 12.2. The molecule has 1 N–H and O–H groups in total. The van der Waals surface area contributed by atoms with Gasteiger partial charge in [0.1, 0.15) is 0 Å². The van der Waals surface area contributed by atoms with Gasteiger partial charge in [0.2, 0.25) is 0 Å². The van der Waals surface area contributed by atoms with E-state index in [-0.39, 0.29) is 14.5 Å². The van der Waals surface area contributed by atoms with Gasteiger partial charge in [0.05, 0.1) is 13.1 Å². The van der Waals surface area contributed by atoms with Crippen LogP contribution in [0.3, 0.4) is 0 Å². The SMILES string of the molecule is FC1(F)CN(C2CNC2)C1.[HH]. The number of likely N-dealkylation sites (tertiary alicyclic amines) is 1. The van der Waals surface area contributed by atoms with Crippen LogP contribution >= 0.6 is 0 Å². The van der Waals surface area contributed by atoms with Crippen molar-refractivity contribution in [1.82, 2.24) is 10.2 Å². The summed E-state index contributed by atoms with van der Waals surface area (Å²) in [6, 6.07) is 0.389. The molecule has 10 heavy (non-hydrogen) atoms. The Balaban J connectivity index is 0.000000605. The first kappa shape index (κ1) is 6.49. The van der Waals surface area contributed by atoms with Gasteiger partial charge in [0.25, 0.3) is 5.92 Å². The Morgan fingerprint density at radius 1 is 1.40 bits per heavy atom. The van der Waals surface area contributed by atoms with Gasteiger partial charge < -0.3 is 5.32 Å². The Bertz CT molecular complexity index is 142. The van der Waals surface area contributed by atoms with Crippen molar-refractivity contribution in [1.29, 1.82) is 0 Å². The van der Waals surface area contributed by atoms with Crippen LogP contribution in [-0.4, -0.2) is 43.0 Å². The lowest BCUT2D eigenvalue weighted by atomic mass is 10.0. The zero-order chi connectivity index (χ0) is 7.19. The molecular formula is C6H12F2N2. The molecule has 0 saturated carbocycles. The molecule has 2 saturated heterocycles. The minimum Gasteiger partial charge on any atom is -0.314 e. The van der Waals surface area contributed by atoms with Gasteiger partial charge in [-0.1, -0.05) is 0 Å². The third-order valence-corrected chi connectivity index (χ3v) is 2.15. The molecule has 0 spiro atoms. The van der Waals surface area contributed by atoms with E-state index in [4.69, 9.17) is 0 Å². The fourth-order valence-corrected chi connectivity index (χ4v) is 1.34. The molecule has 2 nitrogen and oxygen atoms in total. The third kappa shape index (κ3) is 0.914. The summed E-state index contributed by atoms with van der Waals surface area (Å²) in [6.07, 6.45) is 0. The van der Waals surface area contributed by atoms with Crippen LogP contribution in [-0.2, 0) is 0 Å². The summed E-state index contributed by atoms with van der Waals surface area (Å²) in [5.74, 6) is -2.39. The highest BCUT2D eigenvalue weighted by Gasteiger charge is 2.47. The van der Waals surface area contributed by atoms with E-state index in [0.717, 1.165) is 13.1 Å². The molecule has 0 amide bonds. The van der Waals surface area contributed by atoms with E-state index in [2.05, 4.69) is 5.32 Å². The average molecular weight is 150 g/mol. The molecule has 0 unspecified atom stereocenters. The number of hydrogen-bond acceptors (Lipinski definition) is 2. The highest BCUT2D eigenvalue weighted by molar-refractivity contribution is 4.96. The quantitative estimate of drug-likeness (QED) is 0.572. The maximum Gasteiger partial charge on any atom is 0.272 e. The predicted octanol–water partition coefficient (Wildman–Crippen LogP) is 0.155. The van der Waals surface area contributed by atoms with E-state index in [1.165, 1.54) is 0 Å². The Labute approximate surface area is 59.7 Å². The summed E-state index contributed by atoms with van der Waals surface area (Å²) in [7, 11) is 0. The second kappa shape index (κ2) is 1.89. The van der Waals surface area contributed by atoms with Crippen LogP contribution in [0.5, 0.6) is 0 Å². The standard InChI is InChI=1S/C6H10F2N2.H2/c7-6(8)3-10(4-6)5-1-9-2-5;/h5,9H,1-4H2;1H. The van der Waals surface area contributed by atoms with Gasteiger partial charge in [-0.15, -0.1) is 0 Å². The normalized spacial score (nSPS) is 33.0. The smallest absolute Gasteiger partial charge is 0.272 e. The van der Waals surface area contributed by atoms with Crippen LogP contribution in [0.4, 0.5) is 8.78 Å². The van der Waals surface area contributed by atoms with Crippen LogP contribution in [0.15, 0.2) is 0 Å². The van der Waals surface area contributed by atoms with E-state index < -0.39 is 5.92 Å². The molecule has 0 aliphatic carbocycles. The van der Waals surface area contributed by atoms with Crippen molar-refractivity contribution in [2.75, 3.05) is 26.2 Å². The topological polar surface area (TPSA) is 15.3 Å². The van der Waals surface area contributed by atoms with Crippen molar-refractivity contribution in [3.8, 4) is 0 Å². The van der Waals surface area contributed by atoms with Crippen molar-refractivity contribution >= 4 is 0 Å².